The van der Waals surface area contributed by atoms with E-state index >= 15 is 0 Å². The predicted molar refractivity (Wildman–Crippen MR) is 89.2 cm³/mol. The quantitative estimate of drug-likeness (QED) is 0.656. The highest BCUT2D eigenvalue weighted by Crippen LogP contribution is 2.30. The van der Waals surface area contributed by atoms with E-state index in [4.69, 9.17) is 13.9 Å². The molecule has 0 aliphatic carbocycles. The Labute approximate surface area is 143 Å². The number of ether oxygens (including phenoxy) is 2. The number of aromatic nitrogens is 2. The van der Waals surface area contributed by atoms with E-state index in [-0.39, 0.29) is 12.3 Å². The molecular formula is C17H16N2O4S. The van der Waals surface area contributed by atoms with Crippen LogP contribution in [-0.2, 0) is 11.3 Å². The molecule has 0 spiro atoms. The fourth-order valence-electron chi connectivity index (χ4n) is 2.15. The van der Waals surface area contributed by atoms with Crippen molar-refractivity contribution in [3.05, 3.63) is 52.5 Å². The number of oxazole rings is 1. The average Bonchev–Trinajstić information content (AvgIpc) is 3.18. The van der Waals surface area contributed by atoms with Gasteiger partial charge >= 0.3 is 5.97 Å². The van der Waals surface area contributed by atoms with E-state index in [1.54, 1.807) is 23.5 Å². The lowest BCUT2D eigenvalue weighted by Gasteiger charge is -2.07. The lowest BCUT2D eigenvalue weighted by molar-refractivity contribution is 0.0588. The molecule has 0 aliphatic rings. The van der Waals surface area contributed by atoms with Crippen LogP contribution in [0, 0.1) is 13.8 Å². The molecule has 0 saturated carbocycles. The Morgan fingerprint density at radius 1 is 1.33 bits per heavy atom. The summed E-state index contributed by atoms with van der Waals surface area (Å²) >= 11 is 1.58. The van der Waals surface area contributed by atoms with E-state index in [0.29, 0.717) is 23.1 Å². The number of hydrogen-bond acceptors (Lipinski definition) is 7. The number of rotatable bonds is 5. The van der Waals surface area contributed by atoms with E-state index in [2.05, 4.69) is 9.97 Å². The third kappa shape index (κ3) is 3.16. The molecule has 3 aromatic rings. The molecule has 3 aromatic heterocycles. The molecule has 24 heavy (non-hydrogen) atoms. The number of pyridine rings is 1. The standard InChI is InChI=1S/C17H16N2O4S/c1-10-6-8-24-15(10)16-19-12(11(2)23-16)9-22-13-5-4-7-18-14(13)17(20)21-3/h4-8H,9H2,1-3H3. The second-order valence-electron chi connectivity index (χ2n) is 5.09. The average molecular weight is 344 g/mol. The minimum atomic E-state index is -0.544. The first-order valence-electron chi connectivity index (χ1n) is 7.27. The van der Waals surface area contributed by atoms with E-state index in [1.165, 1.54) is 13.3 Å². The Morgan fingerprint density at radius 3 is 2.88 bits per heavy atom. The molecule has 0 saturated heterocycles. The molecule has 0 aromatic carbocycles. The van der Waals surface area contributed by atoms with E-state index in [0.717, 1.165) is 10.4 Å². The molecule has 0 atom stereocenters. The molecule has 0 bridgehead atoms. The van der Waals surface area contributed by atoms with Crippen LogP contribution in [0.1, 0.15) is 27.5 Å². The maximum absolute atomic E-state index is 11.7. The summed E-state index contributed by atoms with van der Waals surface area (Å²) in [6.45, 7) is 4.03. The highest BCUT2D eigenvalue weighted by Gasteiger charge is 2.17. The molecule has 0 aliphatic heterocycles. The van der Waals surface area contributed by atoms with Crippen molar-refractivity contribution in [3.63, 3.8) is 0 Å². The molecule has 124 valence electrons. The number of aryl methyl sites for hydroxylation is 2. The van der Waals surface area contributed by atoms with Crippen molar-refractivity contribution in [1.29, 1.82) is 0 Å². The number of methoxy groups -OCH3 is 1. The number of esters is 1. The van der Waals surface area contributed by atoms with Gasteiger partial charge in [0.05, 0.1) is 12.0 Å². The molecule has 3 heterocycles. The zero-order valence-corrected chi connectivity index (χ0v) is 14.3. The number of carbonyl (C=O) groups excluding carboxylic acids is 1. The Balaban J connectivity index is 1.80. The summed E-state index contributed by atoms with van der Waals surface area (Å²) in [7, 11) is 1.30. The maximum atomic E-state index is 11.7. The number of thiophene rings is 1. The minimum Gasteiger partial charge on any atom is -0.485 e. The Kier molecular flexibility index (Phi) is 4.61. The SMILES string of the molecule is COC(=O)c1ncccc1OCc1nc(-c2sccc2C)oc1C. The van der Waals surface area contributed by atoms with Crippen molar-refractivity contribution in [2.75, 3.05) is 7.11 Å². The smallest absolute Gasteiger partial charge is 0.360 e. The highest BCUT2D eigenvalue weighted by atomic mass is 32.1. The van der Waals surface area contributed by atoms with Gasteiger partial charge in [-0.15, -0.1) is 11.3 Å². The molecule has 0 fully saturated rings. The zero-order chi connectivity index (χ0) is 17.1. The topological polar surface area (TPSA) is 74.5 Å². The highest BCUT2D eigenvalue weighted by molar-refractivity contribution is 7.13. The van der Waals surface area contributed by atoms with Crippen molar-refractivity contribution in [2.45, 2.75) is 20.5 Å². The first-order valence-corrected chi connectivity index (χ1v) is 8.15. The van der Waals surface area contributed by atoms with Crippen LogP contribution in [0.15, 0.2) is 34.2 Å². The zero-order valence-electron chi connectivity index (χ0n) is 13.5. The molecule has 0 N–H and O–H groups in total. The normalized spacial score (nSPS) is 10.6. The van der Waals surface area contributed by atoms with Gasteiger partial charge in [0.15, 0.2) is 11.4 Å². The molecule has 3 rings (SSSR count). The lowest BCUT2D eigenvalue weighted by atomic mass is 10.3. The summed E-state index contributed by atoms with van der Waals surface area (Å²) in [4.78, 5) is 21.2. The van der Waals surface area contributed by atoms with Gasteiger partial charge in [-0.05, 0) is 43.0 Å². The summed E-state index contributed by atoms with van der Waals surface area (Å²) in [6, 6.07) is 5.38. The van der Waals surface area contributed by atoms with Gasteiger partial charge in [-0.3, -0.25) is 0 Å². The van der Waals surface area contributed by atoms with Crippen LogP contribution in [0.25, 0.3) is 10.8 Å². The van der Waals surface area contributed by atoms with Crippen LogP contribution >= 0.6 is 11.3 Å². The van der Waals surface area contributed by atoms with Crippen LogP contribution in [0.2, 0.25) is 0 Å². The molecule has 0 amide bonds. The summed E-state index contributed by atoms with van der Waals surface area (Å²) in [5.41, 5.74) is 1.93. The van der Waals surface area contributed by atoms with Crippen LogP contribution in [0.5, 0.6) is 5.75 Å². The van der Waals surface area contributed by atoms with E-state index in [1.807, 2.05) is 25.3 Å². The van der Waals surface area contributed by atoms with Gasteiger partial charge in [0.1, 0.15) is 18.1 Å². The van der Waals surface area contributed by atoms with Crippen molar-refractivity contribution in [3.8, 4) is 16.5 Å². The van der Waals surface area contributed by atoms with Gasteiger partial charge in [0, 0.05) is 6.20 Å². The second kappa shape index (κ2) is 6.84. The fourth-order valence-corrected chi connectivity index (χ4v) is 3.00. The van der Waals surface area contributed by atoms with Crippen LogP contribution in [0.4, 0.5) is 0 Å². The van der Waals surface area contributed by atoms with Gasteiger partial charge in [-0.2, -0.15) is 0 Å². The second-order valence-corrected chi connectivity index (χ2v) is 6.00. The van der Waals surface area contributed by atoms with Gasteiger partial charge < -0.3 is 13.9 Å². The number of hydrogen-bond donors (Lipinski definition) is 0. The van der Waals surface area contributed by atoms with Gasteiger partial charge in [-0.25, -0.2) is 14.8 Å². The third-order valence-corrected chi connectivity index (χ3v) is 4.47. The van der Waals surface area contributed by atoms with Crippen molar-refractivity contribution in [2.24, 2.45) is 0 Å². The van der Waals surface area contributed by atoms with Crippen LogP contribution in [0.3, 0.4) is 0 Å². The fraction of sp³-hybridized carbons (Fsp3) is 0.235. The monoisotopic (exact) mass is 344 g/mol. The van der Waals surface area contributed by atoms with Crippen molar-refractivity contribution in [1.82, 2.24) is 9.97 Å². The molecule has 0 radical (unpaired) electrons. The first kappa shape index (κ1) is 16.2. The molecule has 0 unspecified atom stereocenters. The molecule has 6 nitrogen and oxygen atoms in total. The van der Waals surface area contributed by atoms with Crippen molar-refractivity contribution < 1.29 is 18.7 Å². The summed E-state index contributed by atoms with van der Waals surface area (Å²) in [5.74, 6) is 1.07. The van der Waals surface area contributed by atoms with Crippen LogP contribution in [-0.4, -0.2) is 23.0 Å². The van der Waals surface area contributed by atoms with E-state index in [9.17, 15) is 4.79 Å². The molecule has 7 heteroatoms. The largest absolute Gasteiger partial charge is 0.485 e. The predicted octanol–water partition coefficient (Wildman–Crippen LogP) is 3.78. The summed E-state index contributed by atoms with van der Waals surface area (Å²) in [5, 5.41) is 2.00. The van der Waals surface area contributed by atoms with Crippen LogP contribution < -0.4 is 4.74 Å². The summed E-state index contributed by atoms with van der Waals surface area (Å²) in [6.07, 6.45) is 1.51. The number of carbonyl (C=O) groups is 1. The van der Waals surface area contributed by atoms with Gasteiger partial charge in [0.2, 0.25) is 5.89 Å². The number of nitrogens with zero attached hydrogens (tertiary/aromatic N) is 2. The van der Waals surface area contributed by atoms with Crippen molar-refractivity contribution >= 4 is 17.3 Å². The van der Waals surface area contributed by atoms with Gasteiger partial charge in [-0.1, -0.05) is 0 Å². The Hall–Kier alpha value is -2.67. The Bertz CT molecular complexity index is 869. The lowest BCUT2D eigenvalue weighted by Crippen LogP contribution is -2.08. The Morgan fingerprint density at radius 2 is 2.17 bits per heavy atom. The van der Waals surface area contributed by atoms with E-state index < -0.39 is 5.97 Å². The summed E-state index contributed by atoms with van der Waals surface area (Å²) < 4.78 is 16.1. The first-order chi connectivity index (χ1) is 11.6. The maximum Gasteiger partial charge on any atom is 0.360 e. The molecular weight excluding hydrogens is 328 g/mol. The van der Waals surface area contributed by atoms with Gasteiger partial charge in [0.25, 0.3) is 0 Å². The third-order valence-electron chi connectivity index (χ3n) is 3.46. The minimum absolute atomic E-state index is 0.135.